The minimum absolute atomic E-state index is 0.189. The van der Waals surface area contributed by atoms with E-state index in [9.17, 15) is 4.79 Å². The molecule has 1 amide bonds. The van der Waals surface area contributed by atoms with E-state index in [2.05, 4.69) is 17.6 Å². The molecular weight excluding hydrogens is 164 g/mol. The van der Waals surface area contributed by atoms with Crippen molar-refractivity contribution in [3.05, 3.63) is 0 Å². The van der Waals surface area contributed by atoms with E-state index in [0.717, 1.165) is 13.1 Å². The highest BCUT2D eigenvalue weighted by molar-refractivity contribution is 5.79. The molecule has 0 aromatic carbocycles. The van der Waals surface area contributed by atoms with Gasteiger partial charge in [-0.25, -0.2) is 0 Å². The molecule has 1 aliphatic carbocycles. The van der Waals surface area contributed by atoms with E-state index < -0.39 is 0 Å². The summed E-state index contributed by atoms with van der Waals surface area (Å²) in [7, 11) is 0. The second-order valence-corrected chi connectivity index (χ2v) is 4.54. The fourth-order valence-electron chi connectivity index (χ4n) is 1.72. The molecule has 0 radical (unpaired) electrons. The third kappa shape index (κ3) is 1.85. The summed E-state index contributed by atoms with van der Waals surface area (Å²) in [6.45, 7) is 6.23. The van der Waals surface area contributed by atoms with Gasteiger partial charge in [0.15, 0.2) is 0 Å². The molecule has 3 unspecified atom stereocenters. The zero-order chi connectivity index (χ0) is 9.42. The van der Waals surface area contributed by atoms with Gasteiger partial charge in [0.2, 0.25) is 5.91 Å². The number of carbonyl (C=O) groups excluding carboxylic acids is 1. The van der Waals surface area contributed by atoms with Crippen molar-refractivity contribution in [2.24, 2.45) is 17.8 Å². The first-order valence-electron chi connectivity index (χ1n) is 5.19. The lowest BCUT2D eigenvalue weighted by molar-refractivity contribution is -0.126. The zero-order valence-corrected chi connectivity index (χ0v) is 8.34. The van der Waals surface area contributed by atoms with Crippen molar-refractivity contribution in [2.45, 2.75) is 26.3 Å². The van der Waals surface area contributed by atoms with Gasteiger partial charge in [-0.15, -0.1) is 0 Å². The van der Waals surface area contributed by atoms with E-state index in [4.69, 9.17) is 0 Å². The van der Waals surface area contributed by atoms with Crippen LogP contribution in [0, 0.1) is 17.8 Å². The maximum absolute atomic E-state index is 11.6. The Kier molecular flexibility index (Phi) is 2.28. The molecule has 0 aromatic rings. The number of amides is 1. The Hall–Kier alpha value is -0.570. The molecule has 0 aromatic heterocycles. The Morgan fingerprint density at radius 2 is 2.15 bits per heavy atom. The van der Waals surface area contributed by atoms with Crippen LogP contribution in [0.25, 0.3) is 0 Å². The average molecular weight is 182 g/mol. The standard InChI is InChI=1S/C10H18N2O/c1-6-3-9(6)12-10(13)7(2)8-4-11-5-8/h6-9,11H,3-5H2,1-2H3,(H,12,13). The van der Waals surface area contributed by atoms with E-state index in [1.54, 1.807) is 0 Å². The lowest BCUT2D eigenvalue weighted by Gasteiger charge is -2.31. The van der Waals surface area contributed by atoms with Crippen LogP contribution in [-0.2, 0) is 4.79 Å². The smallest absolute Gasteiger partial charge is 0.223 e. The molecule has 3 nitrogen and oxygen atoms in total. The summed E-state index contributed by atoms with van der Waals surface area (Å²) in [5.74, 6) is 1.71. The Morgan fingerprint density at radius 3 is 2.54 bits per heavy atom. The third-order valence-corrected chi connectivity index (χ3v) is 3.37. The van der Waals surface area contributed by atoms with E-state index in [0.29, 0.717) is 17.9 Å². The summed E-state index contributed by atoms with van der Waals surface area (Å²) in [5, 5.41) is 6.28. The summed E-state index contributed by atoms with van der Waals surface area (Å²) in [5.41, 5.74) is 0. The topological polar surface area (TPSA) is 41.1 Å². The van der Waals surface area contributed by atoms with Crippen LogP contribution < -0.4 is 10.6 Å². The number of nitrogens with one attached hydrogen (secondary N) is 2. The number of hydrogen-bond acceptors (Lipinski definition) is 2. The predicted octanol–water partition coefficient (Wildman–Crippen LogP) is 0.366. The molecule has 74 valence electrons. The summed E-state index contributed by atoms with van der Waals surface area (Å²) in [6, 6.07) is 0.475. The van der Waals surface area contributed by atoms with Gasteiger partial charge in [0.25, 0.3) is 0 Å². The number of rotatable bonds is 3. The molecular formula is C10H18N2O. The van der Waals surface area contributed by atoms with Crippen LogP contribution >= 0.6 is 0 Å². The highest BCUT2D eigenvalue weighted by Gasteiger charge is 2.36. The van der Waals surface area contributed by atoms with Gasteiger partial charge in [-0.3, -0.25) is 4.79 Å². The molecule has 1 aliphatic heterocycles. The lowest BCUT2D eigenvalue weighted by atomic mass is 9.88. The summed E-state index contributed by atoms with van der Waals surface area (Å²) in [6.07, 6.45) is 1.17. The van der Waals surface area contributed by atoms with Gasteiger partial charge in [-0.2, -0.15) is 0 Å². The van der Waals surface area contributed by atoms with Crippen molar-refractivity contribution in [2.75, 3.05) is 13.1 Å². The Bertz CT molecular complexity index is 213. The maximum atomic E-state index is 11.6. The van der Waals surface area contributed by atoms with Crippen molar-refractivity contribution in [3.8, 4) is 0 Å². The van der Waals surface area contributed by atoms with Gasteiger partial charge in [-0.05, 0) is 31.3 Å². The Labute approximate surface area is 79.3 Å². The first-order valence-corrected chi connectivity index (χ1v) is 5.19. The Morgan fingerprint density at radius 1 is 1.54 bits per heavy atom. The largest absolute Gasteiger partial charge is 0.353 e. The van der Waals surface area contributed by atoms with Crippen molar-refractivity contribution in [1.82, 2.24) is 10.6 Å². The molecule has 13 heavy (non-hydrogen) atoms. The van der Waals surface area contributed by atoms with Crippen molar-refractivity contribution < 1.29 is 4.79 Å². The fraction of sp³-hybridized carbons (Fsp3) is 0.900. The molecule has 1 saturated carbocycles. The lowest BCUT2D eigenvalue weighted by Crippen LogP contribution is -2.50. The van der Waals surface area contributed by atoms with E-state index in [1.165, 1.54) is 6.42 Å². The minimum atomic E-state index is 0.189. The Balaban J connectivity index is 1.75. The average Bonchev–Trinajstić information content (AvgIpc) is 2.62. The fourth-order valence-corrected chi connectivity index (χ4v) is 1.72. The maximum Gasteiger partial charge on any atom is 0.223 e. The van der Waals surface area contributed by atoms with Crippen LogP contribution in [0.15, 0.2) is 0 Å². The zero-order valence-electron chi connectivity index (χ0n) is 8.34. The highest BCUT2D eigenvalue weighted by atomic mass is 16.2. The van der Waals surface area contributed by atoms with Crippen LogP contribution in [0.4, 0.5) is 0 Å². The van der Waals surface area contributed by atoms with Crippen LogP contribution in [0.2, 0.25) is 0 Å². The molecule has 3 heteroatoms. The molecule has 0 bridgehead atoms. The second kappa shape index (κ2) is 3.29. The van der Waals surface area contributed by atoms with E-state index >= 15 is 0 Å². The van der Waals surface area contributed by atoms with Gasteiger partial charge in [0.1, 0.15) is 0 Å². The van der Waals surface area contributed by atoms with Crippen LogP contribution in [0.1, 0.15) is 20.3 Å². The van der Waals surface area contributed by atoms with Gasteiger partial charge in [0, 0.05) is 12.0 Å². The molecule has 2 rings (SSSR count). The van der Waals surface area contributed by atoms with Crippen molar-refractivity contribution in [3.63, 3.8) is 0 Å². The first-order chi connectivity index (χ1) is 6.18. The first kappa shape index (κ1) is 9.00. The number of hydrogen-bond donors (Lipinski definition) is 2. The molecule has 3 atom stereocenters. The molecule has 1 saturated heterocycles. The van der Waals surface area contributed by atoms with Gasteiger partial charge >= 0.3 is 0 Å². The molecule has 2 N–H and O–H groups in total. The van der Waals surface area contributed by atoms with Crippen LogP contribution in [0.5, 0.6) is 0 Å². The van der Waals surface area contributed by atoms with Crippen molar-refractivity contribution >= 4 is 5.91 Å². The summed E-state index contributed by atoms with van der Waals surface area (Å²) in [4.78, 5) is 11.6. The van der Waals surface area contributed by atoms with Crippen LogP contribution in [-0.4, -0.2) is 25.0 Å². The van der Waals surface area contributed by atoms with Gasteiger partial charge in [-0.1, -0.05) is 13.8 Å². The van der Waals surface area contributed by atoms with Crippen LogP contribution in [0.3, 0.4) is 0 Å². The highest BCUT2D eigenvalue weighted by Crippen LogP contribution is 2.29. The predicted molar refractivity (Wildman–Crippen MR) is 51.2 cm³/mol. The summed E-state index contributed by atoms with van der Waals surface area (Å²) >= 11 is 0. The van der Waals surface area contributed by atoms with E-state index in [-0.39, 0.29) is 11.8 Å². The van der Waals surface area contributed by atoms with Gasteiger partial charge < -0.3 is 10.6 Å². The number of carbonyl (C=O) groups is 1. The molecule has 2 aliphatic rings. The monoisotopic (exact) mass is 182 g/mol. The second-order valence-electron chi connectivity index (χ2n) is 4.54. The van der Waals surface area contributed by atoms with Gasteiger partial charge in [0.05, 0.1) is 0 Å². The summed E-state index contributed by atoms with van der Waals surface area (Å²) < 4.78 is 0. The minimum Gasteiger partial charge on any atom is -0.353 e. The SMILES string of the molecule is CC1CC1NC(=O)C(C)C1CNC1. The van der Waals surface area contributed by atoms with E-state index in [1.807, 2.05) is 6.92 Å². The normalized spacial score (nSPS) is 34.9. The van der Waals surface area contributed by atoms with Crippen molar-refractivity contribution in [1.29, 1.82) is 0 Å². The molecule has 2 fully saturated rings. The quantitative estimate of drug-likeness (QED) is 0.662. The molecule has 0 spiro atoms. The molecule has 1 heterocycles. The third-order valence-electron chi connectivity index (χ3n) is 3.37.